The summed E-state index contributed by atoms with van der Waals surface area (Å²) < 4.78 is 0.738. The quantitative estimate of drug-likeness (QED) is 0.552. The monoisotopic (exact) mass is 422 g/mol. The van der Waals surface area contributed by atoms with Crippen molar-refractivity contribution in [1.29, 1.82) is 0 Å². The molecule has 4 nitrogen and oxygen atoms in total. The van der Waals surface area contributed by atoms with Crippen LogP contribution in [0.5, 0.6) is 0 Å². The first-order valence-corrected chi connectivity index (χ1v) is 9.48. The molecule has 0 spiro atoms. The first-order valence-electron chi connectivity index (χ1n) is 8.31. The second-order valence-corrected chi connectivity index (χ2v) is 7.71. The van der Waals surface area contributed by atoms with Crippen molar-refractivity contribution in [3.05, 3.63) is 57.0 Å². The molecule has 0 aromatic heterocycles. The van der Waals surface area contributed by atoms with Crippen LogP contribution in [-0.2, 0) is 6.42 Å². The SMILES string of the molecule is CCCCC1(Cc2ccccc2Cl)Nc2cc(Br)cc(C(=O)O)c2N1. The van der Waals surface area contributed by atoms with Gasteiger partial charge in [0.25, 0.3) is 0 Å². The molecule has 0 amide bonds. The van der Waals surface area contributed by atoms with Gasteiger partial charge in [0.15, 0.2) is 0 Å². The third-order valence-corrected chi connectivity index (χ3v) is 5.31. The maximum absolute atomic E-state index is 11.6. The summed E-state index contributed by atoms with van der Waals surface area (Å²) in [5, 5.41) is 17.3. The fourth-order valence-corrected chi connectivity index (χ4v) is 3.94. The smallest absolute Gasteiger partial charge is 0.337 e. The zero-order valence-electron chi connectivity index (χ0n) is 13.9. The largest absolute Gasteiger partial charge is 0.478 e. The second-order valence-electron chi connectivity index (χ2n) is 6.38. The van der Waals surface area contributed by atoms with E-state index >= 15 is 0 Å². The van der Waals surface area contributed by atoms with Crippen molar-refractivity contribution in [3.63, 3.8) is 0 Å². The predicted octanol–water partition coefficient (Wildman–Crippen LogP) is 5.77. The van der Waals surface area contributed by atoms with Crippen LogP contribution in [0.4, 0.5) is 11.4 Å². The fraction of sp³-hybridized carbons (Fsp3) is 0.316. The number of aromatic carboxylic acids is 1. The highest BCUT2D eigenvalue weighted by molar-refractivity contribution is 9.10. The molecule has 1 atom stereocenters. The topological polar surface area (TPSA) is 61.4 Å². The van der Waals surface area contributed by atoms with Crippen molar-refractivity contribution in [1.82, 2.24) is 0 Å². The maximum atomic E-state index is 11.6. The molecule has 0 radical (unpaired) electrons. The van der Waals surface area contributed by atoms with Gasteiger partial charge in [-0.2, -0.15) is 0 Å². The summed E-state index contributed by atoms with van der Waals surface area (Å²) in [7, 11) is 0. The van der Waals surface area contributed by atoms with Crippen molar-refractivity contribution < 1.29 is 9.90 Å². The Morgan fingerprint density at radius 2 is 2.04 bits per heavy atom. The van der Waals surface area contributed by atoms with Gasteiger partial charge in [-0.25, -0.2) is 4.79 Å². The van der Waals surface area contributed by atoms with E-state index in [4.69, 9.17) is 11.6 Å². The predicted molar refractivity (Wildman–Crippen MR) is 106 cm³/mol. The molecule has 6 heteroatoms. The molecular formula is C19H20BrClN2O2. The summed E-state index contributed by atoms with van der Waals surface area (Å²) in [5.41, 5.74) is 2.28. The van der Waals surface area contributed by atoms with Gasteiger partial charge < -0.3 is 15.7 Å². The highest BCUT2D eigenvalue weighted by Crippen LogP contribution is 2.42. The van der Waals surface area contributed by atoms with Crippen molar-refractivity contribution in [2.45, 2.75) is 38.3 Å². The van der Waals surface area contributed by atoms with Crippen LogP contribution in [0, 0.1) is 0 Å². The lowest BCUT2D eigenvalue weighted by Crippen LogP contribution is -2.44. The lowest BCUT2D eigenvalue weighted by molar-refractivity contribution is 0.0698. The van der Waals surface area contributed by atoms with E-state index in [1.165, 1.54) is 0 Å². The van der Waals surface area contributed by atoms with Gasteiger partial charge in [-0.1, -0.05) is 59.1 Å². The molecule has 2 aromatic carbocycles. The Balaban J connectivity index is 1.99. The molecule has 2 aromatic rings. The number of hydrogen-bond acceptors (Lipinski definition) is 3. The highest BCUT2D eigenvalue weighted by Gasteiger charge is 2.38. The number of rotatable bonds is 6. The van der Waals surface area contributed by atoms with E-state index in [1.54, 1.807) is 6.07 Å². The summed E-state index contributed by atoms with van der Waals surface area (Å²) in [6.45, 7) is 2.14. The van der Waals surface area contributed by atoms with E-state index in [0.29, 0.717) is 12.1 Å². The summed E-state index contributed by atoms with van der Waals surface area (Å²) in [6.07, 6.45) is 3.60. The van der Waals surface area contributed by atoms with Crippen LogP contribution >= 0.6 is 27.5 Å². The summed E-state index contributed by atoms with van der Waals surface area (Å²) in [6, 6.07) is 11.3. The zero-order chi connectivity index (χ0) is 18.0. The van der Waals surface area contributed by atoms with Crippen LogP contribution in [0.2, 0.25) is 5.02 Å². The molecule has 0 saturated heterocycles. The normalized spacial score (nSPS) is 18.4. The minimum atomic E-state index is -0.948. The van der Waals surface area contributed by atoms with E-state index < -0.39 is 11.6 Å². The number of hydrogen-bond donors (Lipinski definition) is 3. The molecule has 132 valence electrons. The standard InChI is InChI=1S/C19H20BrClN2O2/c1-2-3-8-19(11-12-6-4-5-7-15(12)21)22-16-10-13(20)9-14(18(24)25)17(16)23-19/h4-7,9-10,22-23H,2-3,8,11H2,1H3,(H,24,25). The van der Waals surface area contributed by atoms with Crippen LogP contribution in [0.25, 0.3) is 0 Å². The van der Waals surface area contributed by atoms with Crippen molar-refractivity contribution in [2.75, 3.05) is 10.6 Å². The minimum Gasteiger partial charge on any atom is -0.478 e. The molecule has 1 aliphatic rings. The van der Waals surface area contributed by atoms with Gasteiger partial charge in [0.05, 0.1) is 16.9 Å². The molecule has 0 fully saturated rings. The zero-order valence-corrected chi connectivity index (χ0v) is 16.2. The molecular weight excluding hydrogens is 404 g/mol. The number of nitrogens with one attached hydrogen (secondary N) is 2. The first kappa shape index (κ1) is 18.1. The number of unbranched alkanes of at least 4 members (excludes halogenated alkanes) is 1. The Hall–Kier alpha value is -1.72. The fourth-order valence-electron chi connectivity index (χ4n) is 3.28. The van der Waals surface area contributed by atoms with Crippen molar-refractivity contribution >= 4 is 44.9 Å². The molecule has 0 bridgehead atoms. The van der Waals surface area contributed by atoms with Crippen LogP contribution in [-0.4, -0.2) is 16.7 Å². The van der Waals surface area contributed by atoms with E-state index in [2.05, 4.69) is 33.5 Å². The van der Waals surface area contributed by atoms with Crippen molar-refractivity contribution in [2.24, 2.45) is 0 Å². The number of carboxylic acids is 1. The van der Waals surface area contributed by atoms with Gasteiger partial charge in [0.1, 0.15) is 5.66 Å². The summed E-state index contributed by atoms with van der Waals surface area (Å²) >= 11 is 9.76. The number of carboxylic acid groups (broad SMARTS) is 1. The molecule has 25 heavy (non-hydrogen) atoms. The minimum absolute atomic E-state index is 0.259. The Bertz CT molecular complexity index is 812. The molecule has 1 heterocycles. The summed E-state index contributed by atoms with van der Waals surface area (Å²) in [5.74, 6) is -0.948. The van der Waals surface area contributed by atoms with Crippen molar-refractivity contribution in [3.8, 4) is 0 Å². The summed E-state index contributed by atoms with van der Waals surface area (Å²) in [4.78, 5) is 11.6. The molecule has 3 rings (SSSR count). The van der Waals surface area contributed by atoms with E-state index in [-0.39, 0.29) is 5.56 Å². The van der Waals surface area contributed by atoms with E-state index in [9.17, 15) is 9.90 Å². The highest BCUT2D eigenvalue weighted by atomic mass is 79.9. The van der Waals surface area contributed by atoms with Gasteiger partial charge in [-0.3, -0.25) is 0 Å². The number of halogens is 2. The number of benzene rings is 2. The van der Waals surface area contributed by atoms with Gasteiger partial charge in [-0.05, 0) is 36.6 Å². The van der Waals surface area contributed by atoms with Crippen LogP contribution in [0.3, 0.4) is 0 Å². The van der Waals surface area contributed by atoms with Gasteiger partial charge in [0.2, 0.25) is 0 Å². The number of anilines is 2. The average molecular weight is 424 g/mol. The Labute approximate surface area is 160 Å². The van der Waals surface area contributed by atoms with Crippen LogP contribution in [0.15, 0.2) is 40.9 Å². The van der Waals surface area contributed by atoms with E-state index in [0.717, 1.165) is 40.0 Å². The third-order valence-electron chi connectivity index (χ3n) is 4.48. The van der Waals surface area contributed by atoms with Gasteiger partial charge in [0, 0.05) is 15.9 Å². The Kier molecular flexibility index (Phi) is 5.25. The Morgan fingerprint density at radius 1 is 1.28 bits per heavy atom. The lowest BCUT2D eigenvalue weighted by Gasteiger charge is -2.32. The molecule has 1 unspecified atom stereocenters. The lowest BCUT2D eigenvalue weighted by atomic mass is 9.94. The Morgan fingerprint density at radius 3 is 2.72 bits per heavy atom. The van der Waals surface area contributed by atoms with Gasteiger partial charge in [-0.15, -0.1) is 0 Å². The third kappa shape index (κ3) is 3.77. The van der Waals surface area contributed by atoms with E-state index in [1.807, 2.05) is 30.3 Å². The molecule has 0 aliphatic carbocycles. The van der Waals surface area contributed by atoms with Crippen LogP contribution in [0.1, 0.15) is 42.1 Å². The van der Waals surface area contributed by atoms with Gasteiger partial charge >= 0.3 is 5.97 Å². The first-order chi connectivity index (χ1) is 11.9. The second kappa shape index (κ2) is 7.26. The van der Waals surface area contributed by atoms with Crippen LogP contribution < -0.4 is 10.6 Å². The number of carbonyl (C=O) groups is 1. The molecule has 0 saturated carbocycles. The maximum Gasteiger partial charge on any atom is 0.337 e. The molecule has 1 aliphatic heterocycles. The average Bonchev–Trinajstić information content (AvgIpc) is 2.92. The molecule has 3 N–H and O–H groups in total. The number of fused-ring (bicyclic) bond motifs is 1.